The van der Waals surface area contributed by atoms with Gasteiger partial charge in [0.1, 0.15) is 0 Å². The van der Waals surface area contributed by atoms with Crippen molar-refractivity contribution in [3.63, 3.8) is 0 Å². The standard InChI is InChI=1S/C14H16N2O3S2/c1-9(14-15-13(16-19-14)10-7-8-10)20-11-5-3-4-6-12(11)21(2,17)18/h3-6,9-10H,7-8H2,1-2H3/t9-/m1/s1. The zero-order chi connectivity index (χ0) is 15.0. The lowest BCUT2D eigenvalue weighted by Crippen LogP contribution is -2.00. The van der Waals surface area contributed by atoms with Crippen molar-refractivity contribution in [2.45, 2.75) is 40.7 Å². The fraction of sp³-hybridized carbons (Fsp3) is 0.429. The largest absolute Gasteiger partial charge is 0.338 e. The van der Waals surface area contributed by atoms with Crippen LogP contribution in [0.4, 0.5) is 0 Å². The minimum atomic E-state index is -3.25. The number of sulfone groups is 1. The molecule has 0 unspecified atom stereocenters. The predicted octanol–water partition coefficient (Wildman–Crippen LogP) is 3.20. The van der Waals surface area contributed by atoms with Crippen molar-refractivity contribution in [3.8, 4) is 0 Å². The molecule has 1 fully saturated rings. The Hall–Kier alpha value is -1.34. The minimum absolute atomic E-state index is 0.0899. The van der Waals surface area contributed by atoms with E-state index in [1.165, 1.54) is 18.0 Å². The third kappa shape index (κ3) is 3.29. The average Bonchev–Trinajstić information content (AvgIpc) is 3.15. The highest BCUT2D eigenvalue weighted by molar-refractivity contribution is 8.00. The summed E-state index contributed by atoms with van der Waals surface area (Å²) in [5.41, 5.74) is 0. The molecular formula is C14H16N2O3S2. The summed E-state index contributed by atoms with van der Waals surface area (Å²) in [6.45, 7) is 1.94. The molecule has 7 heteroatoms. The molecule has 1 aromatic heterocycles. The van der Waals surface area contributed by atoms with Crippen molar-refractivity contribution in [1.29, 1.82) is 0 Å². The van der Waals surface area contributed by atoms with E-state index in [-0.39, 0.29) is 5.25 Å². The summed E-state index contributed by atoms with van der Waals surface area (Å²) in [4.78, 5) is 5.46. The molecule has 1 aliphatic rings. The van der Waals surface area contributed by atoms with Crippen molar-refractivity contribution in [2.75, 3.05) is 6.26 Å². The van der Waals surface area contributed by atoms with Gasteiger partial charge in [0.05, 0.1) is 10.1 Å². The first-order valence-electron chi connectivity index (χ1n) is 6.74. The van der Waals surface area contributed by atoms with Crippen molar-refractivity contribution < 1.29 is 12.9 Å². The molecule has 0 radical (unpaired) electrons. The van der Waals surface area contributed by atoms with Crippen LogP contribution in [0.2, 0.25) is 0 Å². The Morgan fingerprint density at radius 2 is 2.05 bits per heavy atom. The number of aromatic nitrogens is 2. The summed E-state index contributed by atoms with van der Waals surface area (Å²) >= 11 is 1.42. The Morgan fingerprint density at radius 3 is 2.71 bits per heavy atom. The Balaban J connectivity index is 1.82. The van der Waals surface area contributed by atoms with Gasteiger partial charge in [-0.05, 0) is 31.9 Å². The van der Waals surface area contributed by atoms with Gasteiger partial charge in [-0.15, -0.1) is 11.8 Å². The molecule has 0 spiro atoms. The first-order chi connectivity index (χ1) is 9.95. The van der Waals surface area contributed by atoms with Gasteiger partial charge in [-0.25, -0.2) is 8.42 Å². The third-order valence-corrected chi connectivity index (χ3v) is 5.75. The highest BCUT2D eigenvalue weighted by atomic mass is 32.2. The second-order valence-corrected chi connectivity index (χ2v) is 8.61. The van der Waals surface area contributed by atoms with E-state index < -0.39 is 9.84 Å². The predicted molar refractivity (Wildman–Crippen MR) is 80.1 cm³/mol. The second kappa shape index (κ2) is 5.46. The maximum atomic E-state index is 11.8. The number of benzene rings is 1. The van der Waals surface area contributed by atoms with Gasteiger partial charge >= 0.3 is 0 Å². The molecule has 0 saturated heterocycles. The maximum Gasteiger partial charge on any atom is 0.239 e. The number of nitrogens with zero attached hydrogens (tertiary/aromatic N) is 2. The van der Waals surface area contributed by atoms with Crippen molar-refractivity contribution >= 4 is 21.6 Å². The van der Waals surface area contributed by atoms with E-state index in [4.69, 9.17) is 4.52 Å². The molecule has 3 rings (SSSR count). The molecule has 1 heterocycles. The highest BCUT2D eigenvalue weighted by Crippen LogP contribution is 2.41. The maximum absolute atomic E-state index is 11.8. The zero-order valence-electron chi connectivity index (χ0n) is 11.8. The van der Waals surface area contributed by atoms with Crippen LogP contribution in [0, 0.1) is 0 Å². The number of thioether (sulfide) groups is 1. The first kappa shape index (κ1) is 14.6. The van der Waals surface area contributed by atoms with Gasteiger partial charge in [0.15, 0.2) is 15.7 Å². The van der Waals surface area contributed by atoms with Crippen LogP contribution < -0.4 is 0 Å². The minimum Gasteiger partial charge on any atom is -0.338 e. The van der Waals surface area contributed by atoms with Gasteiger partial charge in [0, 0.05) is 17.1 Å². The number of rotatable bonds is 5. The molecule has 112 valence electrons. The van der Waals surface area contributed by atoms with Crippen LogP contribution in [-0.2, 0) is 9.84 Å². The molecule has 1 aromatic carbocycles. The van der Waals surface area contributed by atoms with Crippen molar-refractivity contribution in [3.05, 3.63) is 36.0 Å². The molecule has 0 amide bonds. The lowest BCUT2D eigenvalue weighted by atomic mass is 10.4. The molecule has 21 heavy (non-hydrogen) atoms. The molecule has 0 aliphatic heterocycles. The Labute approximate surface area is 128 Å². The van der Waals surface area contributed by atoms with E-state index in [1.807, 2.05) is 13.0 Å². The third-order valence-electron chi connectivity index (χ3n) is 3.30. The van der Waals surface area contributed by atoms with Crippen LogP contribution in [0.1, 0.15) is 42.6 Å². The van der Waals surface area contributed by atoms with Gasteiger partial charge in [-0.3, -0.25) is 0 Å². The molecular weight excluding hydrogens is 308 g/mol. The summed E-state index contributed by atoms with van der Waals surface area (Å²) in [6.07, 6.45) is 3.46. The van der Waals surface area contributed by atoms with Crippen LogP contribution in [0.3, 0.4) is 0 Å². The average molecular weight is 324 g/mol. The van der Waals surface area contributed by atoms with Gasteiger partial charge in [0.25, 0.3) is 0 Å². The van der Waals surface area contributed by atoms with E-state index in [1.54, 1.807) is 18.2 Å². The van der Waals surface area contributed by atoms with Crippen LogP contribution in [0.15, 0.2) is 38.6 Å². The molecule has 5 nitrogen and oxygen atoms in total. The molecule has 2 aromatic rings. The number of hydrogen-bond donors (Lipinski definition) is 0. The molecule has 1 atom stereocenters. The SMILES string of the molecule is C[C@@H](Sc1ccccc1S(C)(=O)=O)c1nc(C2CC2)no1. The molecule has 1 aliphatic carbocycles. The van der Waals surface area contributed by atoms with Gasteiger partial charge in [0.2, 0.25) is 5.89 Å². The molecule has 0 N–H and O–H groups in total. The monoisotopic (exact) mass is 324 g/mol. The van der Waals surface area contributed by atoms with Gasteiger partial charge in [-0.1, -0.05) is 17.3 Å². The fourth-order valence-electron chi connectivity index (χ4n) is 2.01. The first-order valence-corrected chi connectivity index (χ1v) is 9.51. The van der Waals surface area contributed by atoms with Gasteiger partial charge < -0.3 is 4.52 Å². The summed E-state index contributed by atoms with van der Waals surface area (Å²) in [5, 5.41) is 3.90. The zero-order valence-corrected chi connectivity index (χ0v) is 13.4. The number of hydrogen-bond acceptors (Lipinski definition) is 6. The second-order valence-electron chi connectivity index (χ2n) is 5.24. The van der Waals surface area contributed by atoms with Crippen LogP contribution in [0.5, 0.6) is 0 Å². The fourth-order valence-corrected chi connectivity index (χ4v) is 4.29. The van der Waals surface area contributed by atoms with Crippen LogP contribution in [-0.4, -0.2) is 24.8 Å². The van der Waals surface area contributed by atoms with Gasteiger partial charge in [-0.2, -0.15) is 4.98 Å². The summed E-state index contributed by atoms with van der Waals surface area (Å²) in [5.74, 6) is 1.77. The van der Waals surface area contributed by atoms with E-state index in [0.29, 0.717) is 21.6 Å². The van der Waals surface area contributed by atoms with E-state index in [9.17, 15) is 8.42 Å². The summed E-state index contributed by atoms with van der Waals surface area (Å²) in [7, 11) is -3.25. The highest BCUT2D eigenvalue weighted by Gasteiger charge is 2.30. The lowest BCUT2D eigenvalue weighted by Gasteiger charge is -2.10. The lowest BCUT2D eigenvalue weighted by molar-refractivity contribution is 0.375. The smallest absolute Gasteiger partial charge is 0.239 e. The molecule has 1 saturated carbocycles. The normalized spacial score (nSPS) is 16.9. The van der Waals surface area contributed by atoms with Crippen LogP contribution >= 0.6 is 11.8 Å². The van der Waals surface area contributed by atoms with E-state index in [2.05, 4.69) is 10.1 Å². The Kier molecular flexibility index (Phi) is 3.79. The molecule has 0 bridgehead atoms. The quantitative estimate of drug-likeness (QED) is 0.786. The van der Waals surface area contributed by atoms with Crippen molar-refractivity contribution in [2.24, 2.45) is 0 Å². The Bertz CT molecular complexity index is 751. The van der Waals surface area contributed by atoms with Crippen molar-refractivity contribution in [1.82, 2.24) is 10.1 Å². The Morgan fingerprint density at radius 1 is 1.33 bits per heavy atom. The van der Waals surface area contributed by atoms with E-state index >= 15 is 0 Å². The summed E-state index contributed by atoms with van der Waals surface area (Å²) in [6, 6.07) is 6.97. The van der Waals surface area contributed by atoms with Crippen LogP contribution in [0.25, 0.3) is 0 Å². The topological polar surface area (TPSA) is 73.1 Å². The van der Waals surface area contributed by atoms with E-state index in [0.717, 1.165) is 18.7 Å². The summed E-state index contributed by atoms with van der Waals surface area (Å²) < 4.78 is 28.9.